The van der Waals surface area contributed by atoms with E-state index in [9.17, 15) is 0 Å². The van der Waals surface area contributed by atoms with Gasteiger partial charge in [-0.2, -0.15) is 0 Å². The van der Waals surface area contributed by atoms with Gasteiger partial charge < -0.3 is 13.6 Å². The third-order valence-electron chi connectivity index (χ3n) is 3.26. The Hall–Kier alpha value is -1.00. The monoisotopic (exact) mass is 324 g/mol. The molecule has 0 aliphatic carbocycles. The van der Waals surface area contributed by atoms with E-state index in [1.165, 1.54) is 25.7 Å². The van der Waals surface area contributed by atoms with Crippen molar-refractivity contribution in [3.05, 3.63) is 24.3 Å². The normalized spacial score (nSPS) is 11.7. The summed E-state index contributed by atoms with van der Waals surface area (Å²) >= 11 is 0. The number of unbranched alkanes of at least 4 members (excludes halogenated alkanes) is 4. The van der Waals surface area contributed by atoms with Gasteiger partial charge in [0.2, 0.25) is 0 Å². The van der Waals surface area contributed by atoms with Gasteiger partial charge in [-0.3, -0.25) is 0 Å². The Morgan fingerprint density at radius 3 is 2.09 bits per heavy atom. The van der Waals surface area contributed by atoms with Crippen molar-refractivity contribution in [1.29, 1.82) is 0 Å². The van der Waals surface area contributed by atoms with E-state index < -0.39 is 8.56 Å². The molecule has 22 heavy (non-hydrogen) atoms. The lowest BCUT2D eigenvalue weighted by Gasteiger charge is -2.24. The fraction of sp³-hybridized carbons (Fsp3) is 0.667. The Kier molecular flexibility index (Phi) is 8.57. The summed E-state index contributed by atoms with van der Waals surface area (Å²) in [5.41, 5.74) is 0. The van der Waals surface area contributed by atoms with E-state index in [1.54, 1.807) is 0 Å². The molecule has 1 aromatic carbocycles. The van der Waals surface area contributed by atoms with Gasteiger partial charge in [0, 0.05) is 6.61 Å². The standard InChI is InChI=1S/C18H32O3Si/c1-6-7-8-9-10-15-19-22(4,5)21-18-13-11-17(12-14-18)20-16(2)3/h11-14,16H,6-10,15H2,1-5H3. The van der Waals surface area contributed by atoms with Gasteiger partial charge in [-0.25, -0.2) is 0 Å². The van der Waals surface area contributed by atoms with Crippen LogP contribution in [0.5, 0.6) is 11.5 Å². The molecule has 0 unspecified atom stereocenters. The molecule has 0 aliphatic rings. The minimum atomic E-state index is -2.10. The van der Waals surface area contributed by atoms with E-state index in [1.807, 2.05) is 38.1 Å². The summed E-state index contributed by atoms with van der Waals surface area (Å²) < 4.78 is 17.7. The van der Waals surface area contributed by atoms with Crippen LogP contribution < -0.4 is 9.16 Å². The van der Waals surface area contributed by atoms with Crippen LogP contribution in [0.4, 0.5) is 0 Å². The number of ether oxygens (including phenoxy) is 1. The van der Waals surface area contributed by atoms with Crippen LogP contribution >= 0.6 is 0 Å². The highest BCUT2D eigenvalue weighted by molar-refractivity contribution is 6.65. The molecule has 0 fully saturated rings. The molecule has 1 aromatic rings. The van der Waals surface area contributed by atoms with E-state index in [-0.39, 0.29) is 6.10 Å². The van der Waals surface area contributed by atoms with Crippen LogP contribution in [0.25, 0.3) is 0 Å². The average Bonchev–Trinajstić information content (AvgIpc) is 2.44. The fourth-order valence-corrected chi connectivity index (χ4v) is 3.59. The summed E-state index contributed by atoms with van der Waals surface area (Å²) in [5, 5.41) is 0. The zero-order valence-corrected chi connectivity index (χ0v) is 15.9. The number of rotatable bonds is 11. The topological polar surface area (TPSA) is 27.7 Å². The second-order valence-electron chi connectivity index (χ2n) is 6.40. The van der Waals surface area contributed by atoms with Gasteiger partial charge in [-0.1, -0.05) is 32.6 Å². The molecule has 0 aromatic heterocycles. The highest BCUT2D eigenvalue weighted by Crippen LogP contribution is 2.22. The minimum Gasteiger partial charge on any atom is -0.520 e. The van der Waals surface area contributed by atoms with Gasteiger partial charge >= 0.3 is 8.56 Å². The van der Waals surface area contributed by atoms with Crippen LogP contribution in [-0.4, -0.2) is 21.3 Å². The van der Waals surface area contributed by atoms with Crippen molar-refractivity contribution in [2.45, 2.75) is 72.1 Å². The molecule has 0 atom stereocenters. The third kappa shape index (κ3) is 8.44. The van der Waals surface area contributed by atoms with E-state index in [0.717, 1.165) is 24.5 Å². The number of benzene rings is 1. The predicted molar refractivity (Wildman–Crippen MR) is 95.0 cm³/mol. The number of hydrogen-bond acceptors (Lipinski definition) is 3. The Labute approximate surface area is 137 Å². The highest BCUT2D eigenvalue weighted by Gasteiger charge is 2.26. The SMILES string of the molecule is CCCCCCCO[Si](C)(C)Oc1ccc(OC(C)C)cc1. The lowest BCUT2D eigenvalue weighted by atomic mass is 10.2. The lowest BCUT2D eigenvalue weighted by Crippen LogP contribution is -2.38. The van der Waals surface area contributed by atoms with Crippen LogP contribution in [0.1, 0.15) is 52.9 Å². The van der Waals surface area contributed by atoms with Crippen LogP contribution in [-0.2, 0) is 4.43 Å². The zero-order valence-electron chi connectivity index (χ0n) is 14.9. The zero-order chi connectivity index (χ0) is 16.4. The molecular formula is C18H32O3Si. The maximum absolute atomic E-state index is 6.05. The van der Waals surface area contributed by atoms with Gasteiger partial charge in [0.05, 0.1) is 6.10 Å². The summed E-state index contributed by atoms with van der Waals surface area (Å²) in [7, 11) is -2.10. The molecule has 0 saturated carbocycles. The summed E-state index contributed by atoms with van der Waals surface area (Å²) in [6.07, 6.45) is 6.47. The second kappa shape index (κ2) is 9.90. The van der Waals surface area contributed by atoms with Crippen molar-refractivity contribution >= 4 is 8.56 Å². The van der Waals surface area contributed by atoms with Crippen molar-refractivity contribution in [2.24, 2.45) is 0 Å². The lowest BCUT2D eigenvalue weighted by molar-refractivity contribution is 0.237. The Morgan fingerprint density at radius 2 is 1.50 bits per heavy atom. The molecule has 3 nitrogen and oxygen atoms in total. The molecule has 0 radical (unpaired) electrons. The molecule has 0 aliphatic heterocycles. The molecule has 1 rings (SSSR count). The summed E-state index contributed by atoms with van der Waals surface area (Å²) in [5.74, 6) is 1.73. The molecular weight excluding hydrogens is 292 g/mol. The average molecular weight is 325 g/mol. The molecule has 0 bridgehead atoms. The van der Waals surface area contributed by atoms with Crippen LogP contribution in [0.15, 0.2) is 24.3 Å². The van der Waals surface area contributed by atoms with Crippen LogP contribution in [0.3, 0.4) is 0 Å². The van der Waals surface area contributed by atoms with E-state index in [2.05, 4.69) is 20.0 Å². The molecule has 0 spiro atoms. The quantitative estimate of drug-likeness (QED) is 0.395. The predicted octanol–water partition coefficient (Wildman–Crippen LogP) is 5.54. The van der Waals surface area contributed by atoms with Gasteiger partial charge in [0.15, 0.2) is 0 Å². The Bertz CT molecular complexity index is 401. The Balaban J connectivity index is 2.33. The van der Waals surface area contributed by atoms with Crippen LogP contribution in [0.2, 0.25) is 13.1 Å². The number of hydrogen-bond donors (Lipinski definition) is 0. The van der Waals surface area contributed by atoms with Crippen molar-refractivity contribution in [3.63, 3.8) is 0 Å². The second-order valence-corrected chi connectivity index (χ2v) is 9.70. The summed E-state index contributed by atoms with van der Waals surface area (Å²) in [6.45, 7) is 11.3. The van der Waals surface area contributed by atoms with Crippen LogP contribution in [0, 0.1) is 0 Å². The largest absolute Gasteiger partial charge is 0.520 e. The molecule has 0 amide bonds. The minimum absolute atomic E-state index is 0.189. The molecule has 0 N–H and O–H groups in total. The summed E-state index contributed by atoms with van der Waals surface area (Å²) in [4.78, 5) is 0. The molecule has 0 saturated heterocycles. The van der Waals surface area contributed by atoms with Gasteiger partial charge in [0.1, 0.15) is 11.5 Å². The first-order valence-corrected chi connectivity index (χ1v) is 11.3. The first-order chi connectivity index (χ1) is 10.4. The van der Waals surface area contributed by atoms with E-state index >= 15 is 0 Å². The smallest absolute Gasteiger partial charge is 0.392 e. The fourth-order valence-electron chi connectivity index (χ4n) is 2.20. The van der Waals surface area contributed by atoms with Crippen molar-refractivity contribution < 1.29 is 13.6 Å². The van der Waals surface area contributed by atoms with Crippen molar-refractivity contribution in [2.75, 3.05) is 6.61 Å². The molecule has 126 valence electrons. The molecule has 4 heteroatoms. The third-order valence-corrected chi connectivity index (χ3v) is 4.88. The molecule has 0 heterocycles. The highest BCUT2D eigenvalue weighted by atomic mass is 28.4. The maximum Gasteiger partial charge on any atom is 0.392 e. The van der Waals surface area contributed by atoms with E-state index in [0.29, 0.717) is 0 Å². The van der Waals surface area contributed by atoms with Gasteiger partial charge in [0.25, 0.3) is 0 Å². The van der Waals surface area contributed by atoms with Crippen molar-refractivity contribution in [3.8, 4) is 11.5 Å². The summed E-state index contributed by atoms with van der Waals surface area (Å²) in [6, 6.07) is 7.81. The van der Waals surface area contributed by atoms with Gasteiger partial charge in [-0.15, -0.1) is 0 Å². The Morgan fingerprint density at radius 1 is 0.909 bits per heavy atom. The maximum atomic E-state index is 6.05. The van der Waals surface area contributed by atoms with E-state index in [4.69, 9.17) is 13.6 Å². The first kappa shape index (κ1) is 19.0. The van der Waals surface area contributed by atoms with Gasteiger partial charge in [-0.05, 0) is 57.6 Å². The first-order valence-electron chi connectivity index (χ1n) is 8.52. The van der Waals surface area contributed by atoms with Crippen molar-refractivity contribution in [1.82, 2.24) is 0 Å².